The molecule has 0 bridgehead atoms. The fraction of sp³-hybridized carbons (Fsp3) is 0.152. The van der Waals surface area contributed by atoms with Crippen molar-refractivity contribution in [3.05, 3.63) is 102 Å². The van der Waals surface area contributed by atoms with Crippen LogP contribution in [-0.4, -0.2) is 54.6 Å². The molecule has 1 fully saturated rings. The van der Waals surface area contributed by atoms with Crippen LogP contribution < -0.4 is 14.4 Å². The maximum absolute atomic E-state index is 13.4. The number of carbonyl (C=O) groups is 4. The molecule has 1 aliphatic rings. The Morgan fingerprint density at radius 3 is 2.32 bits per heavy atom. The van der Waals surface area contributed by atoms with Crippen molar-refractivity contribution in [2.75, 3.05) is 25.7 Å². The number of amides is 2. The SMILES string of the molecule is COc1ccc(C(=O)COC(=O)c2ccc(N3C(=O)CC(Sc4nc(-c5cccc(OC)c5)ccc4C#N)C3=O)cc2)cc1. The minimum Gasteiger partial charge on any atom is -0.497 e. The van der Waals surface area contributed by atoms with Crippen molar-refractivity contribution >= 4 is 41.0 Å². The zero-order chi connectivity index (χ0) is 31.2. The Labute approximate surface area is 257 Å². The first-order valence-electron chi connectivity index (χ1n) is 13.3. The molecule has 1 aromatic heterocycles. The van der Waals surface area contributed by atoms with Crippen LogP contribution in [0.2, 0.25) is 0 Å². The molecule has 0 saturated carbocycles. The lowest BCUT2D eigenvalue weighted by Crippen LogP contribution is -2.31. The summed E-state index contributed by atoms with van der Waals surface area (Å²) in [4.78, 5) is 56.9. The predicted octanol–water partition coefficient (Wildman–Crippen LogP) is 5.10. The number of nitrogens with zero attached hydrogens (tertiary/aromatic N) is 3. The molecule has 10 nitrogen and oxygen atoms in total. The first-order chi connectivity index (χ1) is 21.3. The lowest BCUT2D eigenvalue weighted by molar-refractivity contribution is -0.121. The standard InChI is InChI=1S/C33H25N3O7S/c1-41-25-13-8-20(9-14-25)28(37)19-43-33(40)21-6-11-24(12-7-21)36-30(38)17-29(32(36)39)44-31-23(18-34)10-15-27(35-31)22-4-3-5-26(16-22)42-2/h3-16,29H,17,19H2,1-2H3. The van der Waals surface area contributed by atoms with E-state index in [0.717, 1.165) is 22.2 Å². The van der Waals surface area contributed by atoms with E-state index < -0.39 is 29.6 Å². The highest BCUT2D eigenvalue weighted by atomic mass is 32.2. The molecule has 5 rings (SSSR count). The Balaban J connectivity index is 1.25. The molecule has 220 valence electrons. The third-order valence-electron chi connectivity index (χ3n) is 6.81. The van der Waals surface area contributed by atoms with Crippen molar-refractivity contribution in [2.45, 2.75) is 16.7 Å². The fourth-order valence-electron chi connectivity index (χ4n) is 4.48. The largest absolute Gasteiger partial charge is 0.497 e. The van der Waals surface area contributed by atoms with E-state index in [4.69, 9.17) is 14.2 Å². The molecule has 3 aromatic carbocycles. The molecule has 0 N–H and O–H groups in total. The second-order valence-electron chi connectivity index (χ2n) is 9.55. The molecule has 0 spiro atoms. The number of ketones is 1. The number of benzene rings is 3. The van der Waals surface area contributed by atoms with Crippen LogP contribution in [0.5, 0.6) is 11.5 Å². The summed E-state index contributed by atoms with van der Waals surface area (Å²) < 4.78 is 15.5. The van der Waals surface area contributed by atoms with Gasteiger partial charge < -0.3 is 14.2 Å². The average Bonchev–Trinajstić information content (AvgIpc) is 3.35. The van der Waals surface area contributed by atoms with Gasteiger partial charge >= 0.3 is 5.97 Å². The summed E-state index contributed by atoms with van der Waals surface area (Å²) in [7, 11) is 3.08. The molecular weight excluding hydrogens is 582 g/mol. The molecule has 2 amide bonds. The summed E-state index contributed by atoms with van der Waals surface area (Å²) in [5.41, 5.74) is 2.46. The highest BCUT2D eigenvalue weighted by Gasteiger charge is 2.41. The second kappa shape index (κ2) is 13.2. The number of anilines is 1. The van der Waals surface area contributed by atoms with Crippen molar-refractivity contribution in [3.8, 4) is 28.8 Å². The smallest absolute Gasteiger partial charge is 0.338 e. The average molecular weight is 608 g/mol. The van der Waals surface area contributed by atoms with Gasteiger partial charge in [-0.1, -0.05) is 23.9 Å². The van der Waals surface area contributed by atoms with Crippen LogP contribution in [0, 0.1) is 11.3 Å². The Morgan fingerprint density at radius 1 is 0.932 bits per heavy atom. The highest BCUT2D eigenvalue weighted by molar-refractivity contribution is 8.00. The predicted molar refractivity (Wildman–Crippen MR) is 162 cm³/mol. The molecule has 2 heterocycles. The van der Waals surface area contributed by atoms with Crippen LogP contribution >= 0.6 is 11.8 Å². The normalized spacial score (nSPS) is 14.2. The maximum Gasteiger partial charge on any atom is 0.338 e. The Bertz CT molecular complexity index is 1780. The van der Waals surface area contributed by atoms with Gasteiger partial charge in [0.25, 0.3) is 0 Å². The number of aromatic nitrogens is 1. The number of esters is 1. The summed E-state index contributed by atoms with van der Waals surface area (Å²) in [6.07, 6.45) is -0.0866. The topological polar surface area (TPSA) is 136 Å². The summed E-state index contributed by atoms with van der Waals surface area (Å²) in [5, 5.41) is 9.20. The van der Waals surface area contributed by atoms with E-state index in [1.165, 1.54) is 31.4 Å². The van der Waals surface area contributed by atoms with E-state index in [2.05, 4.69) is 11.1 Å². The first-order valence-corrected chi connectivity index (χ1v) is 14.2. The number of Topliss-reactive ketones (excluding diaryl/α,β-unsaturated/α-hetero) is 1. The number of pyridine rings is 1. The van der Waals surface area contributed by atoms with Crippen LogP contribution in [0.3, 0.4) is 0 Å². The number of hydrogen-bond donors (Lipinski definition) is 0. The van der Waals surface area contributed by atoms with E-state index in [0.29, 0.717) is 27.8 Å². The van der Waals surface area contributed by atoms with Crippen LogP contribution in [0.1, 0.15) is 32.7 Å². The van der Waals surface area contributed by atoms with E-state index in [1.54, 1.807) is 49.6 Å². The van der Waals surface area contributed by atoms with Crippen LogP contribution in [-0.2, 0) is 14.3 Å². The third-order valence-corrected chi connectivity index (χ3v) is 8.00. The first kappa shape index (κ1) is 30.0. The van der Waals surface area contributed by atoms with E-state index in [9.17, 15) is 24.4 Å². The van der Waals surface area contributed by atoms with Gasteiger partial charge in [0.15, 0.2) is 12.4 Å². The minimum atomic E-state index is -0.795. The fourth-order valence-corrected chi connectivity index (χ4v) is 5.58. The number of methoxy groups -OCH3 is 2. The summed E-state index contributed by atoms with van der Waals surface area (Å²) in [6, 6.07) is 24.9. The number of nitriles is 1. The van der Waals surface area contributed by atoms with Crippen molar-refractivity contribution in [1.82, 2.24) is 4.98 Å². The molecule has 4 aromatic rings. The van der Waals surface area contributed by atoms with Crippen molar-refractivity contribution in [3.63, 3.8) is 0 Å². The van der Waals surface area contributed by atoms with Crippen LogP contribution in [0.25, 0.3) is 11.3 Å². The zero-order valence-corrected chi connectivity index (χ0v) is 24.5. The minimum absolute atomic E-state index is 0.0866. The van der Waals surface area contributed by atoms with Crippen molar-refractivity contribution in [1.29, 1.82) is 5.26 Å². The van der Waals surface area contributed by atoms with Gasteiger partial charge in [-0.2, -0.15) is 5.26 Å². The molecule has 11 heteroatoms. The summed E-state index contributed by atoms with van der Waals surface area (Å²) in [6.45, 7) is -0.452. The second-order valence-corrected chi connectivity index (χ2v) is 10.7. The Kier molecular flexibility index (Phi) is 9.02. The van der Waals surface area contributed by atoms with Gasteiger partial charge in [0, 0.05) is 17.5 Å². The van der Waals surface area contributed by atoms with Crippen LogP contribution in [0.4, 0.5) is 5.69 Å². The van der Waals surface area contributed by atoms with Crippen LogP contribution in [0.15, 0.2) is 90.0 Å². The number of ether oxygens (including phenoxy) is 3. The molecule has 0 aliphatic carbocycles. The lowest BCUT2D eigenvalue weighted by atomic mass is 10.1. The lowest BCUT2D eigenvalue weighted by Gasteiger charge is -2.15. The molecular formula is C33H25N3O7S. The van der Waals surface area contributed by atoms with Gasteiger partial charge in [-0.25, -0.2) is 14.7 Å². The Hall–Kier alpha value is -5.47. The molecule has 1 saturated heterocycles. The van der Waals surface area contributed by atoms with Gasteiger partial charge in [-0.05, 0) is 72.8 Å². The summed E-state index contributed by atoms with van der Waals surface area (Å²) >= 11 is 1.06. The number of thioether (sulfide) groups is 1. The van der Waals surface area contributed by atoms with Gasteiger partial charge in [-0.3, -0.25) is 14.4 Å². The van der Waals surface area contributed by atoms with Gasteiger partial charge in [-0.15, -0.1) is 0 Å². The van der Waals surface area contributed by atoms with Gasteiger partial charge in [0.2, 0.25) is 11.8 Å². The molecule has 0 radical (unpaired) electrons. The van der Waals surface area contributed by atoms with Crippen molar-refractivity contribution in [2.24, 2.45) is 0 Å². The van der Waals surface area contributed by atoms with E-state index in [1.807, 2.05) is 18.2 Å². The van der Waals surface area contributed by atoms with Crippen molar-refractivity contribution < 1.29 is 33.4 Å². The van der Waals surface area contributed by atoms with Gasteiger partial charge in [0.1, 0.15) is 22.6 Å². The summed E-state index contributed by atoms with van der Waals surface area (Å²) in [5.74, 6) is -0.736. The number of rotatable bonds is 10. The Morgan fingerprint density at radius 2 is 1.64 bits per heavy atom. The molecule has 1 atom stereocenters. The monoisotopic (exact) mass is 607 g/mol. The van der Waals surface area contributed by atoms with E-state index in [-0.39, 0.29) is 29.0 Å². The highest BCUT2D eigenvalue weighted by Crippen LogP contribution is 2.36. The number of imide groups is 1. The van der Waals surface area contributed by atoms with Gasteiger partial charge in [0.05, 0.1) is 42.0 Å². The number of hydrogen-bond acceptors (Lipinski definition) is 10. The molecule has 1 aliphatic heterocycles. The zero-order valence-electron chi connectivity index (χ0n) is 23.7. The third kappa shape index (κ3) is 6.45. The number of carbonyl (C=O) groups excluding carboxylic acids is 4. The quantitative estimate of drug-likeness (QED) is 0.136. The van der Waals surface area contributed by atoms with E-state index >= 15 is 0 Å². The maximum atomic E-state index is 13.4. The molecule has 44 heavy (non-hydrogen) atoms. The molecule has 1 unspecified atom stereocenters.